The molecule has 1 N–H and O–H groups in total. The van der Waals surface area contributed by atoms with E-state index in [-0.39, 0.29) is 46.3 Å². The van der Waals surface area contributed by atoms with Crippen LogP contribution in [-0.4, -0.2) is 19.6 Å². The highest BCUT2D eigenvalue weighted by molar-refractivity contribution is 5.97. The van der Waals surface area contributed by atoms with Crippen molar-refractivity contribution in [1.82, 2.24) is 14.5 Å². The topological polar surface area (TPSA) is 50.9 Å². The van der Waals surface area contributed by atoms with Crippen LogP contribution in [0.15, 0.2) is 158 Å². The maximum atomic E-state index is 11.3. The fraction of sp³-hybridized carbons (Fsp3) is 0.160. The van der Waals surface area contributed by atoms with Gasteiger partial charge in [-0.1, -0.05) is 138 Å². The third kappa shape index (κ3) is 6.72. The second kappa shape index (κ2) is 13.6. The van der Waals surface area contributed by atoms with Crippen LogP contribution in [0.5, 0.6) is 5.75 Å². The van der Waals surface area contributed by atoms with Gasteiger partial charge >= 0.3 is 0 Å². The van der Waals surface area contributed by atoms with Crippen LogP contribution in [0.3, 0.4) is 0 Å². The molecule has 8 rings (SSSR count). The van der Waals surface area contributed by atoms with E-state index in [1.54, 1.807) is 24.4 Å². The molecule has 0 unspecified atom stereocenters. The standard InChI is InChI=1S/C50H45N3O/c1-49(2,3)39-28-37(26-38(29-39)44-31-35(24-25-51-44)33-16-9-7-10-17-33)42-21-15-22-45-47(42)52-48(43-20-13-14-23-46(43)54)53(45)41-30-36(34-18-11-8-12-19-34)27-40(32-41)50(4,5)6/h7-32,54H,1-6H3/i7D,9D,10D,16D,17D. The predicted octanol–water partition coefficient (Wildman–Crippen LogP) is 13.1. The zero-order chi connectivity index (χ0) is 42.0. The molecule has 8 aromatic rings. The van der Waals surface area contributed by atoms with E-state index in [1.807, 2.05) is 42.5 Å². The van der Waals surface area contributed by atoms with Gasteiger partial charge in [-0.25, -0.2) is 4.98 Å². The van der Waals surface area contributed by atoms with Gasteiger partial charge in [0.05, 0.1) is 29.1 Å². The second-order valence-corrected chi connectivity index (χ2v) is 15.8. The van der Waals surface area contributed by atoms with Crippen molar-refractivity contribution in [2.75, 3.05) is 0 Å². The summed E-state index contributed by atoms with van der Waals surface area (Å²) in [7, 11) is 0. The Morgan fingerprint density at radius 3 is 1.96 bits per heavy atom. The van der Waals surface area contributed by atoms with Gasteiger partial charge in [-0.05, 0) is 104 Å². The SMILES string of the molecule is [2H]c1c([2H])c([2H])c(-c2ccnc(-c3cc(-c4cccc5c4nc(-c4ccccc4O)n5-c4cc(-c5ccccc5)cc(C(C)(C)C)c4)cc(C(C)(C)C)c3)c2)c([2H])c1[2H]. The fourth-order valence-electron chi connectivity index (χ4n) is 6.91. The minimum Gasteiger partial charge on any atom is -0.507 e. The number of pyridine rings is 1. The first-order chi connectivity index (χ1) is 28.0. The number of para-hydroxylation sites is 2. The molecule has 0 aliphatic carbocycles. The molecule has 0 amide bonds. The maximum Gasteiger partial charge on any atom is 0.149 e. The minimum atomic E-state index is -0.429. The highest BCUT2D eigenvalue weighted by atomic mass is 16.3. The number of phenols is 1. The summed E-state index contributed by atoms with van der Waals surface area (Å²) in [5, 5.41) is 11.3. The predicted molar refractivity (Wildman–Crippen MR) is 225 cm³/mol. The summed E-state index contributed by atoms with van der Waals surface area (Å²) in [6, 6.07) is 38.6. The van der Waals surface area contributed by atoms with E-state index >= 15 is 0 Å². The molecule has 6 aromatic carbocycles. The Bertz CT molecular complexity index is 2890. The first kappa shape index (κ1) is 29.2. The molecule has 2 heterocycles. The van der Waals surface area contributed by atoms with Crippen LogP contribution in [-0.2, 0) is 10.8 Å². The van der Waals surface area contributed by atoms with Crippen molar-refractivity contribution in [3.05, 3.63) is 169 Å². The summed E-state index contributed by atoms with van der Waals surface area (Å²) >= 11 is 0. The van der Waals surface area contributed by atoms with Gasteiger partial charge in [0.15, 0.2) is 0 Å². The second-order valence-electron chi connectivity index (χ2n) is 15.8. The molecule has 4 nitrogen and oxygen atoms in total. The van der Waals surface area contributed by atoms with Crippen LogP contribution in [0.2, 0.25) is 0 Å². The number of aromatic nitrogens is 3. The van der Waals surface area contributed by atoms with Crippen LogP contribution in [0.25, 0.3) is 72.7 Å². The number of fused-ring (bicyclic) bond motifs is 1. The van der Waals surface area contributed by atoms with E-state index in [0.717, 1.165) is 55.7 Å². The average Bonchev–Trinajstić information content (AvgIpc) is 3.61. The third-order valence-electron chi connectivity index (χ3n) is 9.93. The lowest BCUT2D eigenvalue weighted by molar-refractivity contribution is 0.477. The molecular weight excluding hydrogens is 659 g/mol. The monoisotopic (exact) mass is 708 g/mol. The van der Waals surface area contributed by atoms with Crippen molar-refractivity contribution in [2.45, 2.75) is 52.4 Å². The van der Waals surface area contributed by atoms with Crippen molar-refractivity contribution >= 4 is 11.0 Å². The van der Waals surface area contributed by atoms with Gasteiger partial charge in [0, 0.05) is 23.0 Å². The Kier molecular flexibility index (Phi) is 7.37. The van der Waals surface area contributed by atoms with Gasteiger partial charge in [0.2, 0.25) is 0 Å². The van der Waals surface area contributed by atoms with Gasteiger partial charge < -0.3 is 5.11 Å². The van der Waals surface area contributed by atoms with E-state index in [4.69, 9.17) is 16.8 Å². The molecule has 0 atom stereocenters. The van der Waals surface area contributed by atoms with E-state index in [1.165, 1.54) is 0 Å². The van der Waals surface area contributed by atoms with Crippen molar-refractivity contribution in [1.29, 1.82) is 0 Å². The summed E-state index contributed by atoms with van der Waals surface area (Å²) in [4.78, 5) is 10.1. The number of rotatable bonds is 6. The van der Waals surface area contributed by atoms with E-state index < -0.39 is 6.04 Å². The average molecular weight is 709 g/mol. The number of aromatic hydroxyl groups is 1. The Morgan fingerprint density at radius 2 is 1.22 bits per heavy atom. The number of imidazole rings is 1. The van der Waals surface area contributed by atoms with E-state index in [9.17, 15) is 5.11 Å². The van der Waals surface area contributed by atoms with Crippen molar-refractivity contribution in [2.24, 2.45) is 0 Å². The summed E-state index contributed by atoms with van der Waals surface area (Å²) in [6.45, 7) is 13.1. The molecule has 266 valence electrons. The minimum absolute atomic E-state index is 0.128. The Morgan fingerprint density at radius 1 is 0.556 bits per heavy atom. The Labute approximate surface area is 325 Å². The number of hydrogen-bond donors (Lipinski definition) is 1. The first-order valence-electron chi connectivity index (χ1n) is 20.7. The Hall–Kier alpha value is -6.26. The summed E-state index contributed by atoms with van der Waals surface area (Å²) in [5.41, 5.74) is 11.0. The lowest BCUT2D eigenvalue weighted by Gasteiger charge is -2.23. The van der Waals surface area contributed by atoms with Crippen LogP contribution < -0.4 is 0 Å². The van der Waals surface area contributed by atoms with Crippen molar-refractivity contribution in [3.63, 3.8) is 0 Å². The molecule has 54 heavy (non-hydrogen) atoms. The molecule has 2 aromatic heterocycles. The smallest absolute Gasteiger partial charge is 0.149 e. The molecule has 0 spiro atoms. The van der Waals surface area contributed by atoms with Gasteiger partial charge in [-0.15, -0.1) is 0 Å². The van der Waals surface area contributed by atoms with Crippen LogP contribution in [0, 0.1) is 0 Å². The van der Waals surface area contributed by atoms with Crippen LogP contribution in [0.4, 0.5) is 0 Å². The van der Waals surface area contributed by atoms with Crippen molar-refractivity contribution in [3.8, 4) is 67.5 Å². The third-order valence-corrected chi connectivity index (χ3v) is 9.93. The molecular formula is C50H45N3O. The highest BCUT2D eigenvalue weighted by Gasteiger charge is 2.24. The molecule has 0 saturated heterocycles. The van der Waals surface area contributed by atoms with E-state index in [0.29, 0.717) is 22.6 Å². The lowest BCUT2D eigenvalue weighted by Crippen LogP contribution is -2.12. The van der Waals surface area contributed by atoms with Gasteiger partial charge in [0.1, 0.15) is 11.6 Å². The number of nitrogens with zero attached hydrogens (tertiary/aromatic N) is 3. The lowest BCUT2D eigenvalue weighted by atomic mass is 9.83. The maximum absolute atomic E-state index is 11.3. The zero-order valence-corrected chi connectivity index (χ0v) is 31.4. The molecule has 0 fully saturated rings. The number of hydrogen-bond acceptors (Lipinski definition) is 3. The molecule has 0 aliphatic heterocycles. The van der Waals surface area contributed by atoms with Gasteiger partial charge in [0.25, 0.3) is 0 Å². The fourth-order valence-corrected chi connectivity index (χ4v) is 6.91. The number of phenolic OH excluding ortho intramolecular Hbond substituents is 1. The molecule has 0 saturated carbocycles. The van der Waals surface area contributed by atoms with Crippen molar-refractivity contribution < 1.29 is 12.0 Å². The first-order valence-corrected chi connectivity index (χ1v) is 18.2. The summed E-state index contributed by atoms with van der Waals surface area (Å²) in [5.74, 6) is 0.735. The Balaban J connectivity index is 1.38. The summed E-state index contributed by atoms with van der Waals surface area (Å²) < 4.78 is 44.0. The van der Waals surface area contributed by atoms with E-state index in [2.05, 4.69) is 107 Å². The largest absolute Gasteiger partial charge is 0.507 e. The zero-order valence-electron chi connectivity index (χ0n) is 36.4. The van der Waals surface area contributed by atoms with Crippen LogP contribution >= 0.6 is 0 Å². The highest BCUT2D eigenvalue weighted by Crippen LogP contribution is 2.41. The normalized spacial score (nSPS) is 13.3. The van der Waals surface area contributed by atoms with Gasteiger partial charge in [-0.2, -0.15) is 0 Å². The molecule has 0 radical (unpaired) electrons. The summed E-state index contributed by atoms with van der Waals surface area (Å²) in [6.07, 6.45) is 1.62. The van der Waals surface area contributed by atoms with Crippen LogP contribution in [0.1, 0.15) is 59.5 Å². The molecule has 0 bridgehead atoms. The molecule has 4 heteroatoms. The molecule has 0 aliphatic rings. The quantitative estimate of drug-likeness (QED) is 0.187. The van der Waals surface area contributed by atoms with Gasteiger partial charge in [-0.3, -0.25) is 9.55 Å². The number of benzene rings is 6.